The third kappa shape index (κ3) is 4.07. The van der Waals surface area contributed by atoms with Gasteiger partial charge in [-0.05, 0) is 12.8 Å². The quantitative estimate of drug-likeness (QED) is 0.840. The van der Waals surface area contributed by atoms with E-state index in [2.05, 4.69) is 20.3 Å². The lowest BCUT2D eigenvalue weighted by molar-refractivity contribution is -0.132. The molecule has 1 aliphatic rings. The Labute approximate surface area is 152 Å². The van der Waals surface area contributed by atoms with Gasteiger partial charge in [-0.1, -0.05) is 6.92 Å². The molecule has 1 unspecified atom stereocenters. The number of nitrogens with zero attached hydrogens (tertiary/aromatic N) is 5. The van der Waals surface area contributed by atoms with E-state index in [1.54, 1.807) is 18.6 Å². The van der Waals surface area contributed by atoms with Crippen LogP contribution in [-0.2, 0) is 29.1 Å². The van der Waals surface area contributed by atoms with Crippen LogP contribution in [0.2, 0.25) is 0 Å². The van der Waals surface area contributed by atoms with E-state index in [0.29, 0.717) is 18.8 Å². The first-order chi connectivity index (χ1) is 12.6. The SMILES string of the molecule is CCc1nccn1CC(=O)N1CCCC1c1cncc(CNC(C)=O)n1. The first kappa shape index (κ1) is 18.0. The number of carbonyl (C=O) groups excluding carboxylic acids is 2. The van der Waals surface area contributed by atoms with Crippen molar-refractivity contribution >= 4 is 11.8 Å². The second kappa shape index (κ2) is 8.07. The lowest BCUT2D eigenvalue weighted by Crippen LogP contribution is -2.34. The van der Waals surface area contributed by atoms with E-state index < -0.39 is 0 Å². The fraction of sp³-hybridized carbons (Fsp3) is 0.500. The minimum atomic E-state index is -0.109. The molecular weight excluding hydrogens is 332 g/mol. The van der Waals surface area contributed by atoms with Crippen molar-refractivity contribution in [1.29, 1.82) is 0 Å². The van der Waals surface area contributed by atoms with Crippen molar-refractivity contribution in [3.8, 4) is 0 Å². The number of rotatable bonds is 6. The fourth-order valence-electron chi connectivity index (χ4n) is 3.29. The number of likely N-dealkylation sites (tertiary alicyclic amines) is 1. The molecule has 2 amide bonds. The normalized spacial score (nSPS) is 16.7. The van der Waals surface area contributed by atoms with Gasteiger partial charge in [0.2, 0.25) is 11.8 Å². The zero-order valence-electron chi connectivity index (χ0n) is 15.2. The second-order valence-corrected chi connectivity index (χ2v) is 6.42. The van der Waals surface area contributed by atoms with E-state index in [1.807, 2.05) is 22.6 Å². The van der Waals surface area contributed by atoms with Crippen molar-refractivity contribution in [2.45, 2.75) is 52.2 Å². The Morgan fingerprint density at radius 2 is 2.19 bits per heavy atom. The maximum Gasteiger partial charge on any atom is 0.243 e. The van der Waals surface area contributed by atoms with Crippen LogP contribution >= 0.6 is 0 Å². The molecule has 2 aromatic rings. The highest BCUT2D eigenvalue weighted by Gasteiger charge is 2.31. The molecule has 0 saturated carbocycles. The van der Waals surface area contributed by atoms with E-state index in [1.165, 1.54) is 6.92 Å². The van der Waals surface area contributed by atoms with Crippen LogP contribution in [0.15, 0.2) is 24.8 Å². The second-order valence-electron chi connectivity index (χ2n) is 6.42. The zero-order valence-corrected chi connectivity index (χ0v) is 15.2. The maximum absolute atomic E-state index is 12.8. The molecule has 8 heteroatoms. The van der Waals surface area contributed by atoms with Crippen LogP contribution in [-0.4, -0.2) is 42.8 Å². The van der Waals surface area contributed by atoms with E-state index in [0.717, 1.165) is 37.3 Å². The lowest BCUT2D eigenvalue weighted by Gasteiger charge is -2.25. The van der Waals surface area contributed by atoms with Gasteiger partial charge in [0.25, 0.3) is 0 Å². The molecule has 26 heavy (non-hydrogen) atoms. The molecule has 8 nitrogen and oxygen atoms in total. The zero-order chi connectivity index (χ0) is 18.5. The highest BCUT2D eigenvalue weighted by atomic mass is 16.2. The number of aromatic nitrogens is 4. The molecule has 1 N–H and O–H groups in total. The summed E-state index contributed by atoms with van der Waals surface area (Å²) in [5.41, 5.74) is 1.47. The molecular formula is C18H24N6O2. The minimum absolute atomic E-state index is 0.0641. The third-order valence-corrected chi connectivity index (χ3v) is 4.56. The Balaban J connectivity index is 1.72. The molecule has 138 valence electrons. The first-order valence-corrected chi connectivity index (χ1v) is 8.93. The van der Waals surface area contributed by atoms with Gasteiger partial charge in [-0.2, -0.15) is 0 Å². The summed E-state index contributed by atoms with van der Waals surface area (Å²) in [4.78, 5) is 38.9. The van der Waals surface area contributed by atoms with Gasteiger partial charge in [-0.15, -0.1) is 0 Å². The van der Waals surface area contributed by atoms with E-state index in [4.69, 9.17) is 0 Å². The highest BCUT2D eigenvalue weighted by Crippen LogP contribution is 2.30. The molecule has 3 heterocycles. The number of imidazole rings is 1. The summed E-state index contributed by atoms with van der Waals surface area (Å²) >= 11 is 0. The van der Waals surface area contributed by atoms with Crippen molar-refractivity contribution in [2.75, 3.05) is 6.54 Å². The Bertz CT molecular complexity index is 787. The van der Waals surface area contributed by atoms with Crippen molar-refractivity contribution < 1.29 is 9.59 Å². The number of nitrogens with one attached hydrogen (secondary N) is 1. The summed E-state index contributed by atoms with van der Waals surface area (Å²) in [5.74, 6) is 0.863. The molecule has 0 spiro atoms. The number of amides is 2. The van der Waals surface area contributed by atoms with Gasteiger partial charge in [-0.3, -0.25) is 19.6 Å². The molecule has 2 aromatic heterocycles. The lowest BCUT2D eigenvalue weighted by atomic mass is 10.1. The van der Waals surface area contributed by atoms with Crippen LogP contribution in [0.25, 0.3) is 0 Å². The molecule has 3 rings (SSSR count). The fourth-order valence-corrected chi connectivity index (χ4v) is 3.29. The molecule has 0 aliphatic carbocycles. The average molecular weight is 356 g/mol. The van der Waals surface area contributed by atoms with Gasteiger partial charge >= 0.3 is 0 Å². The first-order valence-electron chi connectivity index (χ1n) is 8.93. The molecule has 1 saturated heterocycles. The summed E-state index contributed by atoms with van der Waals surface area (Å²) < 4.78 is 1.90. The predicted molar refractivity (Wildman–Crippen MR) is 94.8 cm³/mol. The third-order valence-electron chi connectivity index (χ3n) is 4.56. The van der Waals surface area contributed by atoms with E-state index in [9.17, 15) is 9.59 Å². The van der Waals surface area contributed by atoms with Crippen LogP contribution in [0, 0.1) is 0 Å². The monoisotopic (exact) mass is 356 g/mol. The maximum atomic E-state index is 12.8. The highest BCUT2D eigenvalue weighted by molar-refractivity contribution is 5.77. The number of carbonyl (C=O) groups is 2. The van der Waals surface area contributed by atoms with Crippen molar-refractivity contribution in [1.82, 2.24) is 29.7 Å². The molecule has 0 radical (unpaired) electrons. The largest absolute Gasteiger partial charge is 0.351 e. The molecule has 0 aromatic carbocycles. The van der Waals surface area contributed by atoms with Gasteiger partial charge in [0, 0.05) is 32.3 Å². The number of hydrogen-bond donors (Lipinski definition) is 1. The van der Waals surface area contributed by atoms with Crippen LogP contribution in [0.1, 0.15) is 49.9 Å². The average Bonchev–Trinajstić information content (AvgIpc) is 3.29. The van der Waals surface area contributed by atoms with Gasteiger partial charge in [0.05, 0.1) is 36.4 Å². The summed E-state index contributed by atoms with van der Waals surface area (Å²) in [6.45, 7) is 4.84. The van der Waals surface area contributed by atoms with Crippen LogP contribution in [0.5, 0.6) is 0 Å². The van der Waals surface area contributed by atoms with E-state index in [-0.39, 0.29) is 17.9 Å². The Morgan fingerprint density at radius 1 is 1.35 bits per heavy atom. The topological polar surface area (TPSA) is 93.0 Å². The number of aryl methyl sites for hydroxylation is 1. The predicted octanol–water partition coefficient (Wildman–Crippen LogP) is 1.24. The molecule has 1 aliphatic heterocycles. The Hall–Kier alpha value is -2.77. The van der Waals surface area contributed by atoms with Gasteiger partial charge in [0.1, 0.15) is 12.4 Å². The van der Waals surface area contributed by atoms with E-state index >= 15 is 0 Å². The summed E-state index contributed by atoms with van der Waals surface area (Å²) in [7, 11) is 0. The smallest absolute Gasteiger partial charge is 0.243 e. The summed E-state index contributed by atoms with van der Waals surface area (Å²) in [5, 5.41) is 2.72. The minimum Gasteiger partial charge on any atom is -0.351 e. The van der Waals surface area contributed by atoms with Crippen LogP contribution < -0.4 is 5.32 Å². The molecule has 1 atom stereocenters. The van der Waals surface area contributed by atoms with Gasteiger partial charge < -0.3 is 14.8 Å². The molecule has 1 fully saturated rings. The van der Waals surface area contributed by atoms with Gasteiger partial charge in [0.15, 0.2) is 0 Å². The standard InChI is InChI=1S/C18H24N6O2/c1-3-17-20-6-8-23(17)12-18(26)24-7-4-5-16(24)15-11-19-9-14(22-15)10-21-13(2)25/h6,8-9,11,16H,3-5,7,10,12H2,1-2H3,(H,21,25). The summed E-state index contributed by atoms with van der Waals surface area (Å²) in [6, 6.07) is -0.0686. The van der Waals surface area contributed by atoms with Crippen molar-refractivity contribution in [3.63, 3.8) is 0 Å². The van der Waals surface area contributed by atoms with Gasteiger partial charge in [-0.25, -0.2) is 4.98 Å². The van der Waals surface area contributed by atoms with Crippen molar-refractivity contribution in [3.05, 3.63) is 42.0 Å². The number of hydrogen-bond acceptors (Lipinski definition) is 5. The Kier molecular flexibility index (Phi) is 5.60. The molecule has 0 bridgehead atoms. The van der Waals surface area contributed by atoms with Crippen LogP contribution in [0.4, 0.5) is 0 Å². The van der Waals surface area contributed by atoms with Crippen molar-refractivity contribution in [2.24, 2.45) is 0 Å². The summed E-state index contributed by atoms with van der Waals surface area (Å²) in [6.07, 6.45) is 9.52. The van der Waals surface area contributed by atoms with Crippen LogP contribution in [0.3, 0.4) is 0 Å². The Morgan fingerprint density at radius 3 is 2.96 bits per heavy atom.